The summed E-state index contributed by atoms with van der Waals surface area (Å²) in [6.45, 7) is 0. The number of nitrogen functional groups attached to an aromatic ring is 2. The average Bonchev–Trinajstić information content (AvgIpc) is 1.96. The van der Waals surface area contributed by atoms with Crippen LogP contribution < -0.4 is 35.4 Å². The molecule has 0 saturated heterocycles. The van der Waals surface area contributed by atoms with E-state index in [1.165, 1.54) is 0 Å². The van der Waals surface area contributed by atoms with E-state index >= 15 is 0 Å². The van der Waals surface area contributed by atoms with Crippen LogP contribution in [0.5, 0.6) is 0 Å². The monoisotopic (exact) mass is 230 g/mol. The van der Waals surface area contributed by atoms with Gasteiger partial charge in [-0.3, -0.25) is 0 Å². The van der Waals surface area contributed by atoms with Crippen LogP contribution in [0.15, 0.2) is 0 Å². The van der Waals surface area contributed by atoms with Crippen LogP contribution in [0.1, 0.15) is 10.5 Å². The maximum absolute atomic E-state index is 10.3. The van der Waals surface area contributed by atoms with E-state index in [-0.39, 0.29) is 46.6 Å². The van der Waals surface area contributed by atoms with Crippen LogP contribution in [0.4, 0.5) is 11.6 Å². The first-order valence-corrected chi connectivity index (χ1v) is 3.20. The van der Waals surface area contributed by atoms with E-state index in [0.29, 0.717) is 0 Å². The summed E-state index contributed by atoms with van der Waals surface area (Å²) in [4.78, 5) is 17.1. The number of nitrogens with zero attached hydrogens (tertiary/aromatic N) is 2. The molecule has 0 radical (unpaired) electrons. The zero-order valence-corrected chi connectivity index (χ0v) is 8.50. The Bertz CT molecular complexity index is 350. The fraction of sp³-hybridized carbons (Fsp3) is 0. The number of carbonyl (C=O) groups is 1. The predicted molar refractivity (Wildman–Crippen MR) is 47.4 cm³/mol. The van der Waals surface area contributed by atoms with E-state index in [4.69, 9.17) is 23.1 Å². The molecule has 0 bridgehead atoms. The van der Waals surface area contributed by atoms with Crippen molar-refractivity contribution >= 4 is 29.2 Å². The number of carbonyl (C=O) groups excluding carboxylic acids is 1. The van der Waals surface area contributed by atoms with E-state index < -0.39 is 11.7 Å². The van der Waals surface area contributed by atoms with Crippen molar-refractivity contribution in [3.8, 4) is 0 Å². The Labute approximate surface area is 101 Å². The minimum Gasteiger partial charge on any atom is -0.543 e. The second-order valence-corrected chi connectivity index (χ2v) is 2.28. The van der Waals surface area contributed by atoms with Crippen molar-refractivity contribution < 1.29 is 39.7 Å². The second kappa shape index (κ2) is 7.28. The maximum Gasteiger partial charge on any atom is 1.00 e. The number of nitrogens with two attached hydrogens (primary N) is 2. The van der Waals surface area contributed by atoms with Gasteiger partial charge in [0.15, 0.2) is 16.8 Å². The number of rotatable bonds is 1. The smallest absolute Gasteiger partial charge is 0.543 e. The summed E-state index contributed by atoms with van der Waals surface area (Å²) in [5.41, 5.74) is 9.84. The molecule has 8 N–H and O–H groups in total. The minimum atomic E-state index is -1.54. The molecule has 1 aromatic heterocycles. The van der Waals surface area contributed by atoms with Gasteiger partial charge < -0.3 is 32.3 Å². The third kappa shape index (κ3) is 4.33. The fourth-order valence-electron chi connectivity index (χ4n) is 0.592. The van der Waals surface area contributed by atoms with E-state index in [0.717, 1.165) is 0 Å². The molecule has 0 aliphatic carbocycles. The van der Waals surface area contributed by atoms with E-state index in [2.05, 4.69) is 9.97 Å². The fourth-order valence-corrected chi connectivity index (χ4v) is 0.719. The molecule has 0 aromatic carbocycles. The van der Waals surface area contributed by atoms with Crippen LogP contribution in [0, 0.1) is 0 Å². The molecule has 1 aromatic rings. The number of hydrogen-bond acceptors (Lipinski definition) is 6. The van der Waals surface area contributed by atoms with Crippen molar-refractivity contribution in [2.24, 2.45) is 0 Å². The van der Waals surface area contributed by atoms with Crippen LogP contribution in [0.3, 0.4) is 0 Å². The number of carboxylic acid groups (broad SMARTS) is 1. The van der Waals surface area contributed by atoms with Gasteiger partial charge in [-0.15, -0.1) is 0 Å². The number of carboxylic acids is 1. The molecule has 0 amide bonds. The summed E-state index contributed by atoms with van der Waals surface area (Å²) < 4.78 is 0. The summed E-state index contributed by atoms with van der Waals surface area (Å²) in [5.74, 6) is -1.96. The Morgan fingerprint density at radius 1 is 1.20 bits per heavy atom. The zero-order valence-electron chi connectivity index (χ0n) is 7.74. The quantitative estimate of drug-likeness (QED) is 0.453. The molecule has 1 rings (SSSR count). The third-order valence-corrected chi connectivity index (χ3v) is 1.38. The van der Waals surface area contributed by atoms with Crippen LogP contribution >= 0.6 is 11.6 Å². The van der Waals surface area contributed by atoms with Gasteiger partial charge in [0, 0.05) is 0 Å². The summed E-state index contributed by atoms with van der Waals surface area (Å²) in [7, 11) is 0. The maximum atomic E-state index is 10.3. The summed E-state index contributed by atoms with van der Waals surface area (Å²) in [5, 5.41) is 10.1. The molecule has 1 heterocycles. The SMILES string of the molecule is Nc1nc(N)c(C(=O)[O-])nc1Cl.O.O.[Li+]. The minimum absolute atomic E-state index is 0. The van der Waals surface area contributed by atoms with Crippen LogP contribution in [0.2, 0.25) is 5.15 Å². The van der Waals surface area contributed by atoms with E-state index in [1.54, 1.807) is 0 Å². The number of aromatic carboxylic acids is 1. The summed E-state index contributed by atoms with van der Waals surface area (Å²) in [6.07, 6.45) is 0. The van der Waals surface area contributed by atoms with Gasteiger partial charge in [-0.05, 0) is 0 Å². The Morgan fingerprint density at radius 2 is 1.67 bits per heavy atom. The number of aromatic nitrogens is 2. The van der Waals surface area contributed by atoms with Crippen molar-refractivity contribution in [1.82, 2.24) is 9.97 Å². The summed E-state index contributed by atoms with van der Waals surface area (Å²) in [6, 6.07) is 0. The van der Waals surface area contributed by atoms with Crippen molar-refractivity contribution in [1.29, 1.82) is 0 Å². The Kier molecular flexibility index (Phi) is 9.47. The van der Waals surface area contributed by atoms with Gasteiger partial charge in [-0.1, -0.05) is 11.6 Å². The van der Waals surface area contributed by atoms with Gasteiger partial charge >= 0.3 is 18.9 Å². The molecule has 10 heteroatoms. The topological polar surface area (TPSA) is 181 Å². The molecule has 0 fully saturated rings. The molecule has 15 heavy (non-hydrogen) atoms. The van der Waals surface area contributed by atoms with E-state index in [1.807, 2.05) is 0 Å². The number of halogens is 1. The average molecular weight is 231 g/mol. The first kappa shape index (κ1) is 19.5. The number of hydrogen-bond donors (Lipinski definition) is 2. The van der Waals surface area contributed by atoms with Crippen molar-refractivity contribution in [2.75, 3.05) is 11.5 Å². The van der Waals surface area contributed by atoms with Gasteiger partial charge in [-0.25, -0.2) is 9.97 Å². The van der Waals surface area contributed by atoms with Gasteiger partial charge in [0.25, 0.3) is 0 Å². The van der Waals surface area contributed by atoms with Gasteiger partial charge in [0.1, 0.15) is 5.69 Å². The number of anilines is 2. The molecule has 0 spiro atoms. The molecule has 0 atom stereocenters. The Balaban J connectivity index is -0.000000480. The second-order valence-electron chi connectivity index (χ2n) is 1.92. The third-order valence-electron chi connectivity index (χ3n) is 1.10. The predicted octanol–water partition coefficient (Wildman–Crippen LogP) is -5.99. The van der Waals surface area contributed by atoms with E-state index in [9.17, 15) is 9.90 Å². The van der Waals surface area contributed by atoms with Crippen molar-refractivity contribution in [3.05, 3.63) is 10.8 Å². The molecule has 0 unspecified atom stereocenters. The van der Waals surface area contributed by atoms with Gasteiger partial charge in [0.05, 0.1) is 5.97 Å². The Morgan fingerprint density at radius 3 is 2.07 bits per heavy atom. The molecule has 8 nitrogen and oxygen atoms in total. The first-order valence-electron chi connectivity index (χ1n) is 2.82. The molecule has 0 saturated carbocycles. The Hall–Kier alpha value is -1.04. The largest absolute Gasteiger partial charge is 1.00 e. The van der Waals surface area contributed by atoms with Crippen LogP contribution in [0.25, 0.3) is 0 Å². The van der Waals surface area contributed by atoms with Gasteiger partial charge in [0.2, 0.25) is 0 Å². The standard InChI is InChI=1S/C5H5ClN4O2.Li.2H2O/c6-2-4(8)10-3(7)1(9-2)5(11)12;;;/h(H,11,12)(H4,7,8,10);;2*1H2/q;+1;;/p-1. The molecule has 0 aliphatic heterocycles. The van der Waals surface area contributed by atoms with Crippen molar-refractivity contribution in [3.63, 3.8) is 0 Å². The molecular weight excluding hydrogens is 222 g/mol. The van der Waals surface area contributed by atoms with Crippen molar-refractivity contribution in [2.45, 2.75) is 0 Å². The molecule has 0 aliphatic rings. The zero-order chi connectivity index (χ0) is 9.30. The summed E-state index contributed by atoms with van der Waals surface area (Å²) >= 11 is 5.38. The molecule has 80 valence electrons. The molecular formula is C5H8ClLiN4O4. The van der Waals surface area contributed by atoms with Gasteiger partial charge in [-0.2, -0.15) is 0 Å². The van der Waals surface area contributed by atoms with Crippen LogP contribution in [-0.2, 0) is 0 Å². The normalized spacial score (nSPS) is 7.80. The van der Waals surface area contributed by atoms with Crippen LogP contribution in [-0.4, -0.2) is 26.9 Å². The first-order chi connectivity index (χ1) is 5.52.